The van der Waals surface area contributed by atoms with Gasteiger partial charge in [0.1, 0.15) is 0 Å². The van der Waals surface area contributed by atoms with Gasteiger partial charge in [0.05, 0.1) is 0 Å². The number of nitrogens with zero attached hydrogens (tertiary/aromatic N) is 4. The normalized spacial score (nSPS) is 14.8. The smallest absolute Gasteiger partial charge is 0.322 e. The molecule has 0 spiro atoms. The summed E-state index contributed by atoms with van der Waals surface area (Å²) in [5.41, 5.74) is 5.25. The lowest BCUT2D eigenvalue weighted by molar-refractivity contribution is 0.101. The van der Waals surface area contributed by atoms with E-state index in [-0.39, 0.29) is 17.5 Å². The lowest BCUT2D eigenvalue weighted by Gasteiger charge is -1.95. The zero-order chi connectivity index (χ0) is 11.8. The number of nitrogens with one attached hydrogen (secondary N) is 1. The monoisotopic (exact) mass is 236 g/mol. The van der Waals surface area contributed by atoms with Crippen molar-refractivity contribution in [3.63, 3.8) is 0 Å². The Labute approximate surface area is 94.3 Å². The Morgan fingerprint density at radius 2 is 2.18 bits per heavy atom. The number of aromatic nitrogens is 4. The molecule has 0 aliphatic heterocycles. The van der Waals surface area contributed by atoms with Gasteiger partial charge >= 0.3 is 6.01 Å². The summed E-state index contributed by atoms with van der Waals surface area (Å²) in [6.45, 7) is 0. The highest BCUT2D eigenvalue weighted by Gasteiger charge is 2.30. The second kappa shape index (κ2) is 3.54. The minimum atomic E-state index is -0.602. The summed E-state index contributed by atoms with van der Waals surface area (Å²) in [6, 6.07) is 0.0132. The summed E-state index contributed by atoms with van der Waals surface area (Å²) < 4.78 is 9.55. The van der Waals surface area contributed by atoms with Gasteiger partial charge in [-0.3, -0.25) is 10.1 Å². The first-order chi connectivity index (χ1) is 8.24. The lowest BCUT2D eigenvalue weighted by Crippen LogP contribution is -2.14. The maximum absolute atomic E-state index is 11.6. The quantitative estimate of drug-likeness (QED) is 0.769. The van der Waals surface area contributed by atoms with Gasteiger partial charge in [0.25, 0.3) is 5.91 Å². The van der Waals surface area contributed by atoms with Crippen molar-refractivity contribution in [3.8, 4) is 0 Å². The third-order valence-electron chi connectivity index (χ3n) is 2.32. The molecule has 2 heterocycles. The van der Waals surface area contributed by atoms with Crippen molar-refractivity contribution in [2.24, 2.45) is 0 Å². The van der Waals surface area contributed by atoms with Crippen molar-refractivity contribution in [2.45, 2.75) is 18.8 Å². The van der Waals surface area contributed by atoms with E-state index in [4.69, 9.17) is 10.2 Å². The summed E-state index contributed by atoms with van der Waals surface area (Å²) >= 11 is 0. The fourth-order valence-corrected chi connectivity index (χ4v) is 1.29. The van der Waals surface area contributed by atoms with E-state index < -0.39 is 5.91 Å². The Balaban J connectivity index is 1.73. The molecule has 0 unspecified atom stereocenters. The maximum Gasteiger partial charge on any atom is 0.322 e. The molecular formula is C8H8N6O3. The number of anilines is 2. The molecule has 0 atom stereocenters. The van der Waals surface area contributed by atoms with E-state index in [2.05, 4.69) is 30.5 Å². The number of carbonyl (C=O) groups excluding carboxylic acids is 1. The van der Waals surface area contributed by atoms with Gasteiger partial charge in [0.15, 0.2) is 0 Å². The molecule has 17 heavy (non-hydrogen) atoms. The Morgan fingerprint density at radius 3 is 2.82 bits per heavy atom. The highest BCUT2D eigenvalue weighted by molar-refractivity contribution is 6.04. The van der Waals surface area contributed by atoms with Crippen molar-refractivity contribution in [2.75, 3.05) is 11.1 Å². The topological polar surface area (TPSA) is 133 Å². The summed E-state index contributed by atoms with van der Waals surface area (Å²) in [6.07, 6.45) is 2.07. The lowest BCUT2D eigenvalue weighted by atomic mass is 10.4. The largest absolute Gasteiger partial charge is 0.408 e. The predicted molar refractivity (Wildman–Crippen MR) is 52.9 cm³/mol. The molecule has 1 aliphatic carbocycles. The van der Waals surface area contributed by atoms with Crippen LogP contribution in [0.15, 0.2) is 9.05 Å². The first-order valence-electron chi connectivity index (χ1n) is 4.97. The average molecular weight is 236 g/mol. The zero-order valence-electron chi connectivity index (χ0n) is 8.58. The van der Waals surface area contributed by atoms with Gasteiger partial charge in [-0.05, 0) is 23.2 Å². The Morgan fingerprint density at radius 1 is 1.35 bits per heavy atom. The zero-order valence-corrected chi connectivity index (χ0v) is 8.58. The third kappa shape index (κ3) is 1.82. The number of rotatable bonds is 3. The number of carbonyl (C=O) groups is 1. The molecule has 0 bridgehead atoms. The van der Waals surface area contributed by atoms with Crippen LogP contribution in [0, 0.1) is 0 Å². The first-order valence-corrected chi connectivity index (χ1v) is 4.97. The van der Waals surface area contributed by atoms with Crippen LogP contribution >= 0.6 is 0 Å². The van der Waals surface area contributed by atoms with E-state index in [1.807, 2.05) is 0 Å². The fraction of sp³-hybridized carbons (Fsp3) is 0.375. The van der Waals surface area contributed by atoms with Gasteiger partial charge in [0.2, 0.25) is 17.4 Å². The van der Waals surface area contributed by atoms with Gasteiger partial charge in [-0.25, -0.2) is 4.63 Å². The molecule has 1 fully saturated rings. The minimum Gasteiger partial charge on any atom is -0.408 e. The van der Waals surface area contributed by atoms with Crippen molar-refractivity contribution in [1.29, 1.82) is 0 Å². The van der Waals surface area contributed by atoms with Gasteiger partial charge in [-0.2, -0.15) is 0 Å². The molecule has 1 aliphatic rings. The molecule has 1 amide bonds. The predicted octanol–water partition coefficient (Wildman–Crippen LogP) is 0.164. The van der Waals surface area contributed by atoms with Crippen LogP contribution in [0.4, 0.5) is 11.8 Å². The standard InChI is InChI=1S/C8H8N6O3/c9-5-4(13-17-14-5)6(15)10-8-12-11-7(16-8)3-1-2-3/h3H,1-2H2,(H2,9,14)(H,10,12,15). The molecule has 9 heteroatoms. The maximum atomic E-state index is 11.6. The van der Waals surface area contributed by atoms with E-state index in [0.29, 0.717) is 11.8 Å². The summed E-state index contributed by atoms with van der Waals surface area (Å²) in [5.74, 6) is 0.165. The van der Waals surface area contributed by atoms with Crippen molar-refractivity contribution >= 4 is 17.7 Å². The van der Waals surface area contributed by atoms with E-state index in [1.165, 1.54) is 0 Å². The molecule has 0 saturated heterocycles. The number of nitrogens with two attached hydrogens (primary N) is 1. The third-order valence-corrected chi connectivity index (χ3v) is 2.32. The van der Waals surface area contributed by atoms with Gasteiger partial charge in [-0.15, -0.1) is 5.10 Å². The molecule has 9 nitrogen and oxygen atoms in total. The van der Waals surface area contributed by atoms with Crippen LogP contribution < -0.4 is 11.1 Å². The molecular weight excluding hydrogens is 228 g/mol. The Bertz CT molecular complexity index is 557. The molecule has 3 rings (SSSR count). The SMILES string of the molecule is Nc1nonc1C(=O)Nc1nnc(C2CC2)o1. The molecule has 1 saturated carbocycles. The van der Waals surface area contributed by atoms with E-state index in [9.17, 15) is 4.79 Å². The number of nitrogen functional groups attached to an aromatic ring is 1. The van der Waals surface area contributed by atoms with Crippen LogP contribution in [0.2, 0.25) is 0 Å². The molecule has 88 valence electrons. The summed E-state index contributed by atoms with van der Waals surface area (Å²) in [4.78, 5) is 11.6. The molecule has 0 radical (unpaired) electrons. The molecule has 0 aromatic carbocycles. The number of hydrogen-bond acceptors (Lipinski definition) is 8. The highest BCUT2D eigenvalue weighted by Crippen LogP contribution is 2.39. The van der Waals surface area contributed by atoms with E-state index in [0.717, 1.165) is 12.8 Å². The van der Waals surface area contributed by atoms with Gasteiger partial charge < -0.3 is 10.2 Å². The number of amides is 1. The van der Waals surface area contributed by atoms with Crippen LogP contribution in [0.5, 0.6) is 0 Å². The van der Waals surface area contributed by atoms with E-state index >= 15 is 0 Å². The average Bonchev–Trinajstić information content (AvgIpc) is 2.90. The molecule has 3 N–H and O–H groups in total. The Hall–Kier alpha value is -2.45. The number of hydrogen-bond donors (Lipinski definition) is 2. The second-order valence-electron chi connectivity index (χ2n) is 3.67. The van der Waals surface area contributed by atoms with Gasteiger partial charge in [-0.1, -0.05) is 5.10 Å². The fourth-order valence-electron chi connectivity index (χ4n) is 1.29. The van der Waals surface area contributed by atoms with Crippen LogP contribution in [0.1, 0.15) is 35.1 Å². The van der Waals surface area contributed by atoms with Crippen molar-refractivity contribution < 1.29 is 13.8 Å². The first kappa shape index (κ1) is 9.75. The van der Waals surface area contributed by atoms with Gasteiger partial charge in [0, 0.05) is 5.92 Å². The summed E-state index contributed by atoms with van der Waals surface area (Å²) in [7, 11) is 0. The summed E-state index contributed by atoms with van der Waals surface area (Å²) in [5, 5.41) is 16.5. The molecule has 2 aromatic rings. The van der Waals surface area contributed by atoms with Crippen LogP contribution in [0.25, 0.3) is 0 Å². The minimum absolute atomic E-state index is 0.0132. The van der Waals surface area contributed by atoms with Crippen LogP contribution in [-0.2, 0) is 0 Å². The van der Waals surface area contributed by atoms with Crippen molar-refractivity contribution in [1.82, 2.24) is 20.5 Å². The van der Waals surface area contributed by atoms with E-state index in [1.54, 1.807) is 0 Å². The Kier molecular flexibility index (Phi) is 2.03. The molecule has 2 aromatic heterocycles. The second-order valence-corrected chi connectivity index (χ2v) is 3.67. The highest BCUT2D eigenvalue weighted by atomic mass is 16.6. The van der Waals surface area contributed by atoms with Crippen LogP contribution in [0.3, 0.4) is 0 Å². The van der Waals surface area contributed by atoms with Crippen molar-refractivity contribution in [3.05, 3.63) is 11.6 Å². The van der Waals surface area contributed by atoms with Crippen LogP contribution in [-0.4, -0.2) is 26.4 Å².